The monoisotopic (exact) mass is 370 g/mol. The minimum Gasteiger partial charge on any atom is -0.348 e. The Morgan fingerprint density at radius 1 is 0.926 bits per heavy atom. The number of benzene rings is 2. The molecule has 4 rings (SSSR count). The van der Waals surface area contributed by atoms with Crippen LogP contribution in [0.15, 0.2) is 72.9 Å². The Hall–Kier alpha value is -3.02. The Morgan fingerprint density at radius 2 is 1.70 bits per heavy atom. The lowest BCUT2D eigenvalue weighted by atomic mass is 9.98. The summed E-state index contributed by atoms with van der Waals surface area (Å²) in [6.07, 6.45) is -2.52. The van der Waals surface area contributed by atoms with Crippen molar-refractivity contribution in [3.63, 3.8) is 0 Å². The van der Waals surface area contributed by atoms with Gasteiger partial charge in [0.05, 0.1) is 11.6 Å². The zero-order valence-corrected chi connectivity index (χ0v) is 14.4. The van der Waals surface area contributed by atoms with Crippen LogP contribution >= 0.6 is 0 Å². The lowest BCUT2D eigenvalue weighted by molar-refractivity contribution is -0.137. The molecule has 0 bridgehead atoms. The van der Waals surface area contributed by atoms with Crippen molar-refractivity contribution in [3.8, 4) is 0 Å². The number of halogens is 3. The van der Waals surface area contributed by atoms with Crippen LogP contribution in [-0.2, 0) is 12.7 Å². The molecule has 1 atom stereocenters. The second kappa shape index (κ2) is 6.61. The molecule has 0 aliphatic carbocycles. The standard InChI is InChI=1S/C21H17F3N2O/c22-21(23,24)17-9-4-8-16(14-17)20(27)26-13-12-25-11-5-10-18(25)19(26)15-6-2-1-3-7-15/h1-11,14,19H,12-13H2/t19-/m0/s1. The molecule has 138 valence electrons. The molecule has 2 heterocycles. The SMILES string of the molecule is O=C(c1cccc(C(F)(F)F)c1)N1CCn2cccc2[C@@H]1c1ccccc1. The Labute approximate surface area is 154 Å². The van der Waals surface area contributed by atoms with Crippen LogP contribution in [0, 0.1) is 0 Å². The summed E-state index contributed by atoms with van der Waals surface area (Å²) in [6, 6.07) is 17.7. The molecule has 6 heteroatoms. The van der Waals surface area contributed by atoms with E-state index in [-0.39, 0.29) is 11.6 Å². The summed E-state index contributed by atoms with van der Waals surface area (Å²) in [6.45, 7) is 1.03. The fourth-order valence-corrected chi connectivity index (χ4v) is 3.58. The van der Waals surface area contributed by atoms with Gasteiger partial charge in [-0.1, -0.05) is 36.4 Å². The lowest BCUT2D eigenvalue weighted by Gasteiger charge is -2.37. The number of aromatic nitrogens is 1. The number of fused-ring (bicyclic) bond motifs is 1. The predicted octanol–water partition coefficient (Wildman–Crippen LogP) is 4.75. The number of carbonyl (C=O) groups is 1. The normalized spacial score (nSPS) is 16.9. The van der Waals surface area contributed by atoms with Gasteiger partial charge in [0.25, 0.3) is 5.91 Å². The van der Waals surface area contributed by atoms with Gasteiger partial charge in [0.2, 0.25) is 0 Å². The van der Waals surface area contributed by atoms with Gasteiger partial charge in [-0.25, -0.2) is 0 Å². The summed E-state index contributed by atoms with van der Waals surface area (Å²) in [5.41, 5.74) is 1.11. The van der Waals surface area contributed by atoms with E-state index in [0.717, 1.165) is 23.4 Å². The van der Waals surface area contributed by atoms with Gasteiger partial charge in [0.15, 0.2) is 0 Å². The summed E-state index contributed by atoms with van der Waals surface area (Å²) >= 11 is 0. The summed E-state index contributed by atoms with van der Waals surface area (Å²) in [5.74, 6) is -0.401. The third-order valence-electron chi connectivity index (χ3n) is 4.85. The topological polar surface area (TPSA) is 25.2 Å². The molecule has 1 aromatic heterocycles. The molecule has 0 fully saturated rings. The van der Waals surface area contributed by atoms with Crippen LogP contribution in [0.5, 0.6) is 0 Å². The Balaban J connectivity index is 1.75. The highest BCUT2D eigenvalue weighted by Gasteiger charge is 2.34. The van der Waals surface area contributed by atoms with Gasteiger partial charge in [0.1, 0.15) is 0 Å². The Kier molecular flexibility index (Phi) is 4.26. The van der Waals surface area contributed by atoms with Crippen molar-refractivity contribution in [2.24, 2.45) is 0 Å². The van der Waals surface area contributed by atoms with E-state index in [1.807, 2.05) is 48.7 Å². The second-order valence-corrected chi connectivity index (χ2v) is 6.52. The van der Waals surface area contributed by atoms with Crippen LogP contribution in [0.3, 0.4) is 0 Å². The third kappa shape index (κ3) is 3.23. The molecule has 0 spiro atoms. The molecular weight excluding hydrogens is 353 g/mol. The van der Waals surface area contributed by atoms with Crippen molar-refractivity contribution in [1.29, 1.82) is 0 Å². The average Bonchev–Trinajstić information content (AvgIpc) is 3.15. The number of nitrogens with zero attached hydrogens (tertiary/aromatic N) is 2. The summed E-state index contributed by atoms with van der Waals surface area (Å²) in [7, 11) is 0. The lowest BCUT2D eigenvalue weighted by Crippen LogP contribution is -2.42. The van der Waals surface area contributed by atoms with E-state index in [2.05, 4.69) is 4.57 Å². The van der Waals surface area contributed by atoms with Crippen molar-refractivity contribution in [2.45, 2.75) is 18.8 Å². The third-order valence-corrected chi connectivity index (χ3v) is 4.85. The van der Waals surface area contributed by atoms with Crippen LogP contribution < -0.4 is 0 Å². The maximum Gasteiger partial charge on any atom is 0.416 e. The number of carbonyl (C=O) groups excluding carboxylic acids is 1. The molecule has 1 aliphatic heterocycles. The largest absolute Gasteiger partial charge is 0.416 e. The van der Waals surface area contributed by atoms with Crippen molar-refractivity contribution >= 4 is 5.91 Å². The molecule has 3 nitrogen and oxygen atoms in total. The summed E-state index contributed by atoms with van der Waals surface area (Å²) in [5, 5.41) is 0. The summed E-state index contributed by atoms with van der Waals surface area (Å²) < 4.78 is 41.2. The van der Waals surface area contributed by atoms with E-state index in [1.54, 1.807) is 4.90 Å². The molecular formula is C21H17F3N2O. The van der Waals surface area contributed by atoms with Crippen molar-refractivity contribution in [2.75, 3.05) is 6.54 Å². The second-order valence-electron chi connectivity index (χ2n) is 6.52. The van der Waals surface area contributed by atoms with Gasteiger partial charge in [-0.15, -0.1) is 0 Å². The number of alkyl halides is 3. The number of hydrogen-bond acceptors (Lipinski definition) is 1. The van der Waals surface area contributed by atoms with Crippen LogP contribution in [0.1, 0.15) is 33.2 Å². The molecule has 0 saturated carbocycles. The van der Waals surface area contributed by atoms with Crippen LogP contribution in [-0.4, -0.2) is 21.9 Å². The summed E-state index contributed by atoms with van der Waals surface area (Å²) in [4.78, 5) is 14.8. The molecule has 3 aromatic rings. The first-order chi connectivity index (χ1) is 12.9. The van der Waals surface area contributed by atoms with Gasteiger partial charge < -0.3 is 9.47 Å². The Morgan fingerprint density at radius 3 is 2.44 bits per heavy atom. The minimum atomic E-state index is -4.48. The maximum atomic E-state index is 13.1. The fourth-order valence-electron chi connectivity index (χ4n) is 3.58. The number of amides is 1. The highest BCUT2D eigenvalue weighted by molar-refractivity contribution is 5.95. The molecule has 2 aromatic carbocycles. The zero-order valence-electron chi connectivity index (χ0n) is 14.4. The molecule has 27 heavy (non-hydrogen) atoms. The molecule has 0 radical (unpaired) electrons. The van der Waals surface area contributed by atoms with E-state index in [9.17, 15) is 18.0 Å². The van der Waals surface area contributed by atoms with Gasteiger partial charge in [-0.05, 0) is 35.9 Å². The fraction of sp³-hybridized carbons (Fsp3) is 0.190. The minimum absolute atomic E-state index is 0.0470. The quantitative estimate of drug-likeness (QED) is 0.639. The van der Waals surface area contributed by atoms with E-state index in [1.165, 1.54) is 12.1 Å². The van der Waals surface area contributed by atoms with Crippen molar-refractivity contribution < 1.29 is 18.0 Å². The maximum absolute atomic E-state index is 13.1. The van der Waals surface area contributed by atoms with Crippen LogP contribution in [0.2, 0.25) is 0 Å². The van der Waals surface area contributed by atoms with E-state index in [0.29, 0.717) is 13.1 Å². The van der Waals surface area contributed by atoms with Gasteiger partial charge in [-0.3, -0.25) is 4.79 Å². The Bertz CT molecular complexity index is 963. The van der Waals surface area contributed by atoms with E-state index in [4.69, 9.17) is 0 Å². The van der Waals surface area contributed by atoms with Gasteiger partial charge >= 0.3 is 6.18 Å². The molecule has 0 unspecified atom stereocenters. The van der Waals surface area contributed by atoms with Crippen LogP contribution in [0.25, 0.3) is 0 Å². The molecule has 1 aliphatic rings. The highest BCUT2D eigenvalue weighted by Crippen LogP contribution is 2.34. The molecule has 1 amide bonds. The zero-order chi connectivity index (χ0) is 19.0. The van der Waals surface area contributed by atoms with Crippen molar-refractivity contribution in [1.82, 2.24) is 9.47 Å². The smallest absolute Gasteiger partial charge is 0.348 e. The number of rotatable bonds is 2. The van der Waals surface area contributed by atoms with Crippen molar-refractivity contribution in [3.05, 3.63) is 95.3 Å². The average molecular weight is 370 g/mol. The first-order valence-corrected chi connectivity index (χ1v) is 8.63. The van der Waals surface area contributed by atoms with Crippen LogP contribution in [0.4, 0.5) is 13.2 Å². The first kappa shape index (κ1) is 17.4. The highest BCUT2D eigenvalue weighted by atomic mass is 19.4. The first-order valence-electron chi connectivity index (χ1n) is 8.63. The van der Waals surface area contributed by atoms with E-state index < -0.39 is 17.6 Å². The van der Waals surface area contributed by atoms with Gasteiger partial charge in [-0.2, -0.15) is 13.2 Å². The van der Waals surface area contributed by atoms with Gasteiger partial charge in [0, 0.05) is 30.5 Å². The predicted molar refractivity (Wildman–Crippen MR) is 95.2 cm³/mol. The molecule has 0 saturated heterocycles. The molecule has 0 N–H and O–H groups in total. The number of hydrogen-bond donors (Lipinski definition) is 0. The van der Waals surface area contributed by atoms with E-state index >= 15 is 0 Å².